The van der Waals surface area contributed by atoms with Crippen LogP contribution in [0.5, 0.6) is 0 Å². The lowest BCUT2D eigenvalue weighted by Crippen LogP contribution is -2.40. The number of hydrogen-bond acceptors (Lipinski definition) is 4. The number of nitrogens with one attached hydrogen (secondary N) is 1. The number of aldehydes is 1. The van der Waals surface area contributed by atoms with E-state index in [-0.39, 0.29) is 11.9 Å². The van der Waals surface area contributed by atoms with Crippen molar-refractivity contribution in [2.45, 2.75) is 97.9 Å². The molecule has 0 spiro atoms. The van der Waals surface area contributed by atoms with Gasteiger partial charge in [0.1, 0.15) is 6.29 Å². The molecule has 0 fully saturated rings. The fraction of sp³-hybridized carbons (Fsp3) is 0.526. The number of benzene rings is 2. The molecule has 1 aromatic heterocycles. The van der Waals surface area contributed by atoms with Crippen molar-refractivity contribution in [1.82, 2.24) is 19.8 Å². The fourth-order valence-electron chi connectivity index (χ4n) is 5.19. The Morgan fingerprint density at radius 3 is 2.26 bits per heavy atom. The lowest BCUT2D eigenvalue weighted by atomic mass is 9.88. The molecule has 3 aromatic rings. The van der Waals surface area contributed by atoms with E-state index in [1.54, 1.807) is 26.5 Å². The minimum absolute atomic E-state index is 0.290. The normalized spacial score (nSPS) is 12.4. The molecule has 258 valence electrons. The molecule has 3 atom stereocenters. The highest BCUT2D eigenvalue weighted by molar-refractivity contribution is 5.74. The largest absolute Gasteiger partial charge is 0.341 e. The number of hydrogen-bond donors (Lipinski definition) is 1. The van der Waals surface area contributed by atoms with Crippen LogP contribution in [0, 0.1) is 34.8 Å². The minimum atomic E-state index is -0.964. The average Bonchev–Trinajstić information content (AvgIpc) is 3.57. The Balaban J connectivity index is 0.000000435. The molecule has 47 heavy (non-hydrogen) atoms. The van der Waals surface area contributed by atoms with Crippen molar-refractivity contribution in [2.24, 2.45) is 18.9 Å². The Morgan fingerprint density at radius 2 is 1.74 bits per heavy atom. The SMILES string of the molecule is CCC(C)CCCNC(=O)N(C)C(CC(C)C=O)c1ccc(F)c(F)c1.CCCC(CCC)c1ccccc1C#N.Cn1ccnc1. The maximum Gasteiger partial charge on any atom is 0.317 e. The molecule has 0 radical (unpaired) electrons. The van der Waals surface area contributed by atoms with Gasteiger partial charge in [0.15, 0.2) is 11.6 Å². The first kappa shape index (κ1) is 41.0. The van der Waals surface area contributed by atoms with Gasteiger partial charge in [-0.25, -0.2) is 18.6 Å². The van der Waals surface area contributed by atoms with Gasteiger partial charge >= 0.3 is 6.03 Å². The Bertz CT molecular complexity index is 1340. The van der Waals surface area contributed by atoms with Crippen molar-refractivity contribution in [3.05, 3.63) is 89.5 Å². The first-order valence-electron chi connectivity index (χ1n) is 16.8. The zero-order valence-corrected chi connectivity index (χ0v) is 29.4. The van der Waals surface area contributed by atoms with Crippen LogP contribution in [-0.2, 0) is 11.8 Å². The summed E-state index contributed by atoms with van der Waals surface area (Å²) in [4.78, 5) is 28.7. The molecule has 9 heteroatoms. The van der Waals surface area contributed by atoms with E-state index >= 15 is 0 Å². The maximum absolute atomic E-state index is 13.6. The zero-order chi connectivity index (χ0) is 35.2. The van der Waals surface area contributed by atoms with Crippen molar-refractivity contribution < 1.29 is 18.4 Å². The lowest BCUT2D eigenvalue weighted by molar-refractivity contribution is -0.111. The van der Waals surface area contributed by atoms with Gasteiger partial charge in [-0.1, -0.05) is 78.1 Å². The number of amides is 2. The number of rotatable bonds is 15. The molecule has 0 bridgehead atoms. The summed E-state index contributed by atoms with van der Waals surface area (Å²) >= 11 is 0. The summed E-state index contributed by atoms with van der Waals surface area (Å²) in [5, 5.41) is 11.9. The van der Waals surface area contributed by atoms with E-state index in [1.807, 2.05) is 36.0 Å². The quantitative estimate of drug-likeness (QED) is 0.131. The van der Waals surface area contributed by atoms with Crippen LogP contribution in [0.15, 0.2) is 61.2 Å². The van der Waals surface area contributed by atoms with E-state index in [4.69, 9.17) is 5.26 Å². The van der Waals surface area contributed by atoms with Crippen molar-refractivity contribution >= 4 is 12.3 Å². The van der Waals surface area contributed by atoms with Crippen LogP contribution >= 0.6 is 0 Å². The number of halogens is 2. The van der Waals surface area contributed by atoms with Crippen LogP contribution in [0.1, 0.15) is 115 Å². The van der Waals surface area contributed by atoms with Crippen LogP contribution < -0.4 is 5.32 Å². The van der Waals surface area contributed by atoms with Gasteiger partial charge in [0.25, 0.3) is 0 Å². The fourth-order valence-corrected chi connectivity index (χ4v) is 5.19. The summed E-state index contributed by atoms with van der Waals surface area (Å²) in [6, 6.07) is 13.1. The zero-order valence-electron chi connectivity index (χ0n) is 29.4. The second-order valence-corrected chi connectivity index (χ2v) is 12.2. The van der Waals surface area contributed by atoms with Crippen molar-refractivity contribution in [2.75, 3.05) is 13.6 Å². The molecule has 0 aliphatic heterocycles. The van der Waals surface area contributed by atoms with Crippen LogP contribution in [-0.4, -0.2) is 40.4 Å². The number of aryl methyl sites for hydroxylation is 1. The number of aromatic nitrogens is 2. The topological polar surface area (TPSA) is 91.0 Å². The first-order chi connectivity index (χ1) is 22.5. The molecular weight excluding hydrogens is 596 g/mol. The number of nitrogens with zero attached hydrogens (tertiary/aromatic N) is 4. The van der Waals surface area contributed by atoms with Crippen molar-refractivity contribution in [3.8, 4) is 6.07 Å². The third-order valence-corrected chi connectivity index (χ3v) is 8.22. The Labute approximate surface area is 281 Å². The van der Waals surface area contributed by atoms with Crippen molar-refractivity contribution in [1.29, 1.82) is 5.26 Å². The van der Waals surface area contributed by atoms with E-state index in [2.05, 4.69) is 50.1 Å². The van der Waals surface area contributed by atoms with Crippen LogP contribution in [0.4, 0.5) is 13.6 Å². The number of urea groups is 1. The number of carbonyl (C=O) groups excluding carboxylic acids is 2. The molecule has 0 aliphatic rings. The van der Waals surface area contributed by atoms with E-state index in [0.717, 1.165) is 43.2 Å². The smallest absolute Gasteiger partial charge is 0.317 e. The van der Waals surface area contributed by atoms with Gasteiger partial charge in [-0.05, 0) is 73.3 Å². The van der Waals surface area contributed by atoms with E-state index < -0.39 is 17.7 Å². The third-order valence-electron chi connectivity index (χ3n) is 8.22. The van der Waals surface area contributed by atoms with Crippen LogP contribution in [0.25, 0.3) is 0 Å². The molecule has 7 nitrogen and oxygen atoms in total. The molecule has 0 aliphatic carbocycles. The van der Waals surface area contributed by atoms with Gasteiger partial charge in [0, 0.05) is 39.0 Å². The summed E-state index contributed by atoms with van der Waals surface area (Å²) < 4.78 is 28.7. The van der Waals surface area contributed by atoms with Crippen LogP contribution in [0.3, 0.4) is 0 Å². The number of nitriles is 1. The van der Waals surface area contributed by atoms with Gasteiger partial charge < -0.3 is 19.6 Å². The predicted octanol–water partition coefficient (Wildman–Crippen LogP) is 9.36. The molecule has 2 amide bonds. The summed E-state index contributed by atoms with van der Waals surface area (Å²) in [6.45, 7) is 11.0. The van der Waals surface area contributed by atoms with Crippen LogP contribution in [0.2, 0.25) is 0 Å². The second kappa shape index (κ2) is 23.3. The molecule has 3 rings (SSSR count). The summed E-state index contributed by atoms with van der Waals surface area (Å²) in [6.07, 6.45) is 14.3. The van der Waals surface area contributed by atoms with E-state index in [9.17, 15) is 18.4 Å². The standard InChI is InChI=1S/C20H30F2N2O2.C14H19N.C4H6N2/c1-5-14(2)7-6-10-23-20(26)24(4)19(11-15(3)13-25)16-8-9-17(21)18(22)12-16;1-3-7-12(8-4-2)14-10-6-5-9-13(14)11-15;1-6-3-2-5-4-6/h8-9,12-15,19H,5-7,10-11H2,1-4H3,(H,23,26);5-6,9-10,12H,3-4,7-8H2,1-2H3;2-4H,1H3. The number of carbonyl (C=O) groups is 2. The molecule has 3 unspecified atom stereocenters. The second-order valence-electron chi connectivity index (χ2n) is 12.2. The van der Waals surface area contributed by atoms with E-state index in [1.165, 1.54) is 42.2 Å². The van der Waals surface area contributed by atoms with Gasteiger partial charge in [-0.2, -0.15) is 5.26 Å². The van der Waals surface area contributed by atoms with Gasteiger partial charge in [0.05, 0.1) is 24.0 Å². The van der Waals surface area contributed by atoms with Gasteiger partial charge in [-0.3, -0.25) is 0 Å². The van der Waals surface area contributed by atoms with Crippen molar-refractivity contribution in [3.63, 3.8) is 0 Å². The molecule has 0 saturated heterocycles. The maximum atomic E-state index is 13.6. The lowest BCUT2D eigenvalue weighted by Gasteiger charge is -2.30. The Morgan fingerprint density at radius 1 is 1.06 bits per heavy atom. The summed E-state index contributed by atoms with van der Waals surface area (Å²) in [7, 11) is 3.54. The van der Waals surface area contributed by atoms with Gasteiger partial charge in [0.2, 0.25) is 0 Å². The summed E-state index contributed by atoms with van der Waals surface area (Å²) in [5.41, 5.74) is 2.56. The molecule has 2 aromatic carbocycles. The molecule has 1 N–H and O–H groups in total. The first-order valence-corrected chi connectivity index (χ1v) is 16.8. The van der Waals surface area contributed by atoms with E-state index in [0.29, 0.717) is 30.4 Å². The Hall–Kier alpha value is -4.06. The Kier molecular flexibility index (Phi) is 20.3. The minimum Gasteiger partial charge on any atom is -0.341 e. The predicted molar refractivity (Wildman–Crippen MR) is 186 cm³/mol. The third kappa shape index (κ3) is 15.4. The highest BCUT2D eigenvalue weighted by Gasteiger charge is 2.24. The molecular formula is C38H55F2N5O2. The van der Waals surface area contributed by atoms with Gasteiger partial charge in [-0.15, -0.1) is 0 Å². The number of imidazole rings is 1. The molecule has 1 heterocycles. The molecule has 0 saturated carbocycles. The highest BCUT2D eigenvalue weighted by atomic mass is 19.2. The monoisotopic (exact) mass is 651 g/mol. The average molecular weight is 652 g/mol. The highest BCUT2D eigenvalue weighted by Crippen LogP contribution is 2.29. The summed E-state index contributed by atoms with van der Waals surface area (Å²) in [5.74, 6) is -1.03.